The minimum Gasteiger partial charge on any atom is -0.370 e. The first-order valence-electron chi connectivity index (χ1n) is 11.9. The molecule has 1 N–H and O–H groups in total. The zero-order valence-electron chi connectivity index (χ0n) is 21.0. The summed E-state index contributed by atoms with van der Waals surface area (Å²) in [5.41, 5.74) is 0.223. The van der Waals surface area contributed by atoms with Crippen LogP contribution in [-0.4, -0.2) is 66.4 Å². The molecule has 194 valence electrons. The quantitative estimate of drug-likeness (QED) is 0.451. The normalized spacial score (nSPS) is 15.4. The van der Waals surface area contributed by atoms with Gasteiger partial charge < -0.3 is 14.7 Å². The van der Waals surface area contributed by atoms with E-state index < -0.39 is 15.7 Å². The summed E-state index contributed by atoms with van der Waals surface area (Å²) in [6, 6.07) is 5.60. The number of hydrogen-bond donors (Lipinski definition) is 1. The third kappa shape index (κ3) is 6.35. The van der Waals surface area contributed by atoms with E-state index in [0.717, 1.165) is 50.6 Å². The van der Waals surface area contributed by atoms with Gasteiger partial charge in [-0.05, 0) is 50.0 Å². The smallest absolute Gasteiger partial charge is 0.240 e. The maximum atomic E-state index is 14.6. The van der Waals surface area contributed by atoms with Crippen molar-refractivity contribution < 1.29 is 17.3 Å². The van der Waals surface area contributed by atoms with Gasteiger partial charge in [0.1, 0.15) is 23.8 Å². The Hall–Kier alpha value is -3.12. The van der Waals surface area contributed by atoms with Crippen molar-refractivity contribution in [1.29, 1.82) is 0 Å². The van der Waals surface area contributed by atoms with Crippen molar-refractivity contribution in [3.8, 4) is 0 Å². The van der Waals surface area contributed by atoms with Crippen LogP contribution in [0.2, 0.25) is 0 Å². The Morgan fingerprint density at radius 2 is 1.97 bits per heavy atom. The van der Waals surface area contributed by atoms with Crippen LogP contribution in [0.5, 0.6) is 0 Å². The third-order valence-electron chi connectivity index (χ3n) is 6.34. The summed E-state index contributed by atoms with van der Waals surface area (Å²) in [6.45, 7) is 7.43. The van der Waals surface area contributed by atoms with Gasteiger partial charge in [0.25, 0.3) is 0 Å². The van der Waals surface area contributed by atoms with E-state index in [4.69, 9.17) is 4.52 Å². The molecule has 3 heterocycles. The van der Waals surface area contributed by atoms with Crippen molar-refractivity contribution in [3.05, 3.63) is 48.1 Å². The highest BCUT2D eigenvalue weighted by Crippen LogP contribution is 2.28. The van der Waals surface area contributed by atoms with Gasteiger partial charge in [0.2, 0.25) is 5.89 Å². The summed E-state index contributed by atoms with van der Waals surface area (Å²) >= 11 is 0. The summed E-state index contributed by atoms with van der Waals surface area (Å²) in [5, 5.41) is 7.41. The lowest BCUT2D eigenvalue weighted by atomic mass is 9.97. The molecule has 4 rings (SSSR count). The molecule has 0 amide bonds. The zero-order chi connectivity index (χ0) is 25.9. The lowest BCUT2D eigenvalue weighted by Gasteiger charge is -2.31. The van der Waals surface area contributed by atoms with Crippen molar-refractivity contribution in [2.45, 2.75) is 44.0 Å². The molecule has 1 aromatic carbocycles. The van der Waals surface area contributed by atoms with E-state index in [1.54, 1.807) is 18.0 Å². The Morgan fingerprint density at radius 3 is 2.61 bits per heavy atom. The lowest BCUT2D eigenvalue weighted by Crippen LogP contribution is -2.35. The first kappa shape index (κ1) is 26.0. The second kappa shape index (κ2) is 10.9. The van der Waals surface area contributed by atoms with Crippen LogP contribution in [0, 0.1) is 11.7 Å². The number of halogens is 1. The number of benzene rings is 1. The Labute approximate surface area is 210 Å². The predicted molar refractivity (Wildman–Crippen MR) is 134 cm³/mol. The van der Waals surface area contributed by atoms with Gasteiger partial charge in [-0.25, -0.2) is 22.8 Å². The molecule has 1 fully saturated rings. The van der Waals surface area contributed by atoms with E-state index in [0.29, 0.717) is 30.0 Å². The van der Waals surface area contributed by atoms with Crippen LogP contribution < -0.4 is 10.2 Å². The number of aromatic nitrogens is 4. The summed E-state index contributed by atoms with van der Waals surface area (Å²) in [6.07, 6.45) is 4.55. The molecule has 0 saturated carbocycles. The van der Waals surface area contributed by atoms with Gasteiger partial charge >= 0.3 is 0 Å². The van der Waals surface area contributed by atoms with Gasteiger partial charge in [0.05, 0.1) is 17.1 Å². The van der Waals surface area contributed by atoms with Gasteiger partial charge in [0.15, 0.2) is 15.7 Å². The van der Waals surface area contributed by atoms with Gasteiger partial charge in [-0.2, -0.15) is 4.98 Å². The number of likely N-dealkylation sites (tertiary alicyclic amines) is 1. The first-order valence-corrected chi connectivity index (χ1v) is 13.8. The lowest BCUT2D eigenvalue weighted by molar-refractivity contribution is 0.163. The van der Waals surface area contributed by atoms with E-state index >= 15 is 0 Å². The molecule has 36 heavy (non-hydrogen) atoms. The molecular weight excluding hydrogens is 485 g/mol. The maximum Gasteiger partial charge on any atom is 0.240 e. The summed E-state index contributed by atoms with van der Waals surface area (Å²) < 4.78 is 43.4. The number of hydrogen-bond acceptors (Lipinski definition) is 10. The Morgan fingerprint density at radius 1 is 1.22 bits per heavy atom. The fraction of sp³-hybridized carbons (Fsp3) is 0.500. The van der Waals surface area contributed by atoms with Crippen LogP contribution in [0.25, 0.3) is 0 Å². The molecular formula is C24H32FN7O3S. The molecule has 1 aliphatic rings. The SMILES string of the molecule is CC(C)c1noc(CN2CCC(CNc3cc(N(C)c4ccc(S(C)(=O)=O)cc4F)ncn3)CC2)n1. The second-order valence-electron chi connectivity index (χ2n) is 9.51. The van der Waals surface area contributed by atoms with Crippen LogP contribution in [-0.2, 0) is 16.4 Å². The molecule has 0 atom stereocenters. The minimum absolute atomic E-state index is 0.0642. The Balaban J connectivity index is 1.30. The number of rotatable bonds is 9. The topological polar surface area (TPSA) is 117 Å². The molecule has 0 aliphatic carbocycles. The molecule has 0 unspecified atom stereocenters. The van der Waals surface area contributed by atoms with Gasteiger partial charge in [-0.15, -0.1) is 0 Å². The average Bonchev–Trinajstić information content (AvgIpc) is 3.32. The van der Waals surface area contributed by atoms with E-state index in [-0.39, 0.29) is 16.5 Å². The van der Waals surface area contributed by atoms with Crippen LogP contribution in [0.3, 0.4) is 0 Å². The third-order valence-corrected chi connectivity index (χ3v) is 7.45. The van der Waals surface area contributed by atoms with Crippen LogP contribution in [0.4, 0.5) is 21.7 Å². The molecule has 0 bridgehead atoms. The molecule has 3 aromatic rings. The first-order chi connectivity index (χ1) is 17.1. The average molecular weight is 518 g/mol. The van der Waals surface area contributed by atoms with Crippen molar-refractivity contribution in [1.82, 2.24) is 25.0 Å². The number of nitrogens with one attached hydrogen (secondary N) is 1. The fourth-order valence-electron chi connectivity index (χ4n) is 4.10. The highest BCUT2D eigenvalue weighted by molar-refractivity contribution is 7.90. The summed E-state index contributed by atoms with van der Waals surface area (Å²) in [5.74, 6) is 2.65. The van der Waals surface area contributed by atoms with Gasteiger partial charge in [-0.3, -0.25) is 4.90 Å². The fourth-order valence-corrected chi connectivity index (χ4v) is 4.73. The molecule has 10 nitrogen and oxygen atoms in total. The molecule has 2 aromatic heterocycles. The maximum absolute atomic E-state index is 14.6. The van der Waals surface area contributed by atoms with E-state index in [1.807, 2.05) is 13.8 Å². The number of sulfone groups is 1. The highest BCUT2D eigenvalue weighted by Gasteiger charge is 2.22. The number of nitrogens with zero attached hydrogens (tertiary/aromatic N) is 6. The molecule has 12 heteroatoms. The largest absolute Gasteiger partial charge is 0.370 e. The Bertz CT molecular complexity index is 1290. The van der Waals surface area contributed by atoms with E-state index in [1.165, 1.54) is 18.5 Å². The summed E-state index contributed by atoms with van der Waals surface area (Å²) in [7, 11) is -1.81. The highest BCUT2D eigenvalue weighted by atomic mass is 32.2. The second-order valence-corrected chi connectivity index (χ2v) is 11.5. The molecule has 0 spiro atoms. The molecule has 1 saturated heterocycles. The Kier molecular flexibility index (Phi) is 7.84. The van der Waals surface area contributed by atoms with Crippen molar-refractivity contribution in [2.24, 2.45) is 5.92 Å². The standard InChI is InChI=1S/C24H32FN7O3S/c1-16(2)24-29-23(35-30-24)14-32-9-7-17(8-10-32)13-26-21-12-22(28-15-27-21)31(3)20-6-5-18(11-19(20)25)36(4,33)34/h5-6,11-12,15-17H,7-10,13-14H2,1-4H3,(H,26,27,28). The number of anilines is 3. The van der Waals surface area contributed by atoms with Crippen LogP contribution in [0.1, 0.15) is 44.3 Å². The zero-order valence-corrected chi connectivity index (χ0v) is 21.8. The predicted octanol–water partition coefficient (Wildman–Crippen LogP) is 3.62. The molecule has 1 aliphatic heterocycles. The van der Waals surface area contributed by atoms with Crippen molar-refractivity contribution in [3.63, 3.8) is 0 Å². The van der Waals surface area contributed by atoms with Crippen LogP contribution in [0.15, 0.2) is 40.0 Å². The monoisotopic (exact) mass is 517 g/mol. The number of piperidine rings is 1. The van der Waals surface area contributed by atoms with Crippen molar-refractivity contribution >= 4 is 27.2 Å². The van der Waals surface area contributed by atoms with Crippen LogP contribution >= 0.6 is 0 Å². The van der Waals surface area contributed by atoms with Crippen molar-refractivity contribution in [2.75, 3.05) is 43.2 Å². The summed E-state index contributed by atoms with van der Waals surface area (Å²) in [4.78, 5) is 16.8. The van der Waals surface area contributed by atoms with E-state index in [9.17, 15) is 12.8 Å². The van der Waals surface area contributed by atoms with Gasteiger partial charge in [0, 0.05) is 31.8 Å². The molecule has 0 radical (unpaired) electrons. The van der Waals surface area contributed by atoms with E-state index in [2.05, 4.69) is 30.3 Å². The minimum atomic E-state index is -3.49. The van der Waals surface area contributed by atoms with Gasteiger partial charge in [-0.1, -0.05) is 19.0 Å².